The molecular formula is C17H19N3O4. The number of nitrogens with zero attached hydrogens (tertiary/aromatic N) is 2. The van der Waals surface area contributed by atoms with E-state index in [1.165, 1.54) is 6.20 Å². The van der Waals surface area contributed by atoms with Crippen molar-refractivity contribution in [2.75, 3.05) is 13.2 Å². The zero-order valence-corrected chi connectivity index (χ0v) is 13.1. The molecule has 1 saturated heterocycles. The van der Waals surface area contributed by atoms with Gasteiger partial charge in [0.05, 0.1) is 36.9 Å². The van der Waals surface area contributed by atoms with E-state index in [9.17, 15) is 9.59 Å². The number of nitrogens with one attached hydrogen (secondary N) is 1. The van der Waals surface area contributed by atoms with Crippen LogP contribution in [-0.4, -0.2) is 45.5 Å². The van der Waals surface area contributed by atoms with E-state index in [0.29, 0.717) is 25.1 Å². The normalized spacial score (nSPS) is 20.0. The second-order valence-electron chi connectivity index (χ2n) is 6.02. The van der Waals surface area contributed by atoms with E-state index >= 15 is 0 Å². The Bertz CT molecular complexity index is 720. The molecule has 1 aliphatic heterocycles. The number of carboxylic acids is 1. The maximum absolute atomic E-state index is 12.4. The average molecular weight is 329 g/mol. The number of hydrogen-bond donors (Lipinski definition) is 2. The summed E-state index contributed by atoms with van der Waals surface area (Å²) in [5.41, 5.74) is 0.645. The molecule has 0 bridgehead atoms. The van der Waals surface area contributed by atoms with Crippen LogP contribution in [0.15, 0.2) is 42.7 Å². The third-order valence-corrected chi connectivity index (χ3v) is 4.05. The summed E-state index contributed by atoms with van der Waals surface area (Å²) >= 11 is 0. The van der Waals surface area contributed by atoms with Gasteiger partial charge in [-0.3, -0.25) is 14.3 Å². The maximum atomic E-state index is 12.4. The Labute approximate surface area is 139 Å². The first-order valence-electron chi connectivity index (χ1n) is 7.75. The molecule has 0 saturated carbocycles. The number of amides is 1. The summed E-state index contributed by atoms with van der Waals surface area (Å²) in [5, 5.41) is 16.1. The number of rotatable bonds is 6. The van der Waals surface area contributed by atoms with Crippen molar-refractivity contribution >= 4 is 11.9 Å². The minimum Gasteiger partial charge on any atom is -0.481 e. The summed E-state index contributed by atoms with van der Waals surface area (Å²) in [5.74, 6) is -1.29. The van der Waals surface area contributed by atoms with Crippen molar-refractivity contribution in [2.45, 2.75) is 24.9 Å². The summed E-state index contributed by atoms with van der Waals surface area (Å²) in [4.78, 5) is 23.5. The van der Waals surface area contributed by atoms with E-state index in [-0.39, 0.29) is 18.9 Å². The molecule has 2 heterocycles. The van der Waals surface area contributed by atoms with Gasteiger partial charge in [0.15, 0.2) is 0 Å². The highest BCUT2D eigenvalue weighted by Crippen LogP contribution is 2.23. The standard InChI is InChI=1S/C17H19N3O4/c21-15(22)8-17(6-7-24-12-17)19-16(23)14-9-18-20(11-14)10-13-4-2-1-3-5-13/h1-5,9,11H,6-8,10,12H2,(H,19,23)(H,21,22). The van der Waals surface area contributed by atoms with E-state index in [1.807, 2.05) is 30.3 Å². The molecule has 126 valence electrons. The monoisotopic (exact) mass is 329 g/mol. The van der Waals surface area contributed by atoms with Gasteiger partial charge in [-0.05, 0) is 12.0 Å². The van der Waals surface area contributed by atoms with Crippen LogP contribution in [0.4, 0.5) is 0 Å². The van der Waals surface area contributed by atoms with E-state index in [0.717, 1.165) is 5.56 Å². The van der Waals surface area contributed by atoms with Crippen molar-refractivity contribution in [1.82, 2.24) is 15.1 Å². The van der Waals surface area contributed by atoms with Gasteiger partial charge in [-0.25, -0.2) is 0 Å². The van der Waals surface area contributed by atoms with Crippen molar-refractivity contribution in [1.29, 1.82) is 0 Å². The average Bonchev–Trinajstić information content (AvgIpc) is 3.18. The highest BCUT2D eigenvalue weighted by molar-refractivity contribution is 5.94. The van der Waals surface area contributed by atoms with Crippen LogP contribution >= 0.6 is 0 Å². The molecule has 2 aromatic rings. The van der Waals surface area contributed by atoms with Gasteiger partial charge in [0.2, 0.25) is 0 Å². The van der Waals surface area contributed by atoms with E-state index in [4.69, 9.17) is 9.84 Å². The first kappa shape index (κ1) is 16.2. The largest absolute Gasteiger partial charge is 0.481 e. The first-order valence-corrected chi connectivity index (χ1v) is 7.75. The summed E-state index contributed by atoms with van der Waals surface area (Å²) in [6.45, 7) is 1.22. The molecule has 7 nitrogen and oxygen atoms in total. The SMILES string of the molecule is O=C(O)CC1(NC(=O)c2cnn(Cc3ccccc3)c2)CCOC1. The van der Waals surface area contributed by atoms with Gasteiger partial charge < -0.3 is 15.2 Å². The molecule has 1 aliphatic rings. The van der Waals surface area contributed by atoms with E-state index < -0.39 is 11.5 Å². The molecule has 24 heavy (non-hydrogen) atoms. The third-order valence-electron chi connectivity index (χ3n) is 4.05. The van der Waals surface area contributed by atoms with Crippen LogP contribution in [0.2, 0.25) is 0 Å². The smallest absolute Gasteiger partial charge is 0.305 e. The molecular weight excluding hydrogens is 310 g/mol. The van der Waals surface area contributed by atoms with Crippen LogP contribution in [0.5, 0.6) is 0 Å². The molecule has 0 radical (unpaired) electrons. The second-order valence-corrected chi connectivity index (χ2v) is 6.02. The van der Waals surface area contributed by atoms with Crippen LogP contribution in [0.1, 0.15) is 28.8 Å². The van der Waals surface area contributed by atoms with Gasteiger partial charge in [-0.15, -0.1) is 0 Å². The summed E-state index contributed by atoms with van der Waals surface area (Å²) in [6, 6.07) is 9.81. The topological polar surface area (TPSA) is 93.5 Å². The van der Waals surface area contributed by atoms with Crippen LogP contribution in [-0.2, 0) is 16.1 Å². The molecule has 1 atom stereocenters. The predicted octanol–water partition coefficient (Wildman–Crippen LogP) is 1.29. The van der Waals surface area contributed by atoms with Crippen molar-refractivity contribution in [3.05, 3.63) is 53.9 Å². The van der Waals surface area contributed by atoms with Crippen molar-refractivity contribution in [3.8, 4) is 0 Å². The Hall–Kier alpha value is -2.67. The van der Waals surface area contributed by atoms with E-state index in [2.05, 4.69) is 10.4 Å². The van der Waals surface area contributed by atoms with Gasteiger partial charge >= 0.3 is 5.97 Å². The predicted molar refractivity (Wildman–Crippen MR) is 85.7 cm³/mol. The zero-order valence-electron chi connectivity index (χ0n) is 13.1. The van der Waals surface area contributed by atoms with E-state index in [1.54, 1.807) is 10.9 Å². The lowest BCUT2D eigenvalue weighted by Crippen LogP contribution is -2.50. The van der Waals surface area contributed by atoms with Crippen LogP contribution < -0.4 is 5.32 Å². The molecule has 7 heteroatoms. The molecule has 1 aromatic carbocycles. The number of aromatic nitrogens is 2. The molecule has 0 spiro atoms. The zero-order chi connectivity index (χ0) is 17.0. The third kappa shape index (κ3) is 3.80. The Balaban J connectivity index is 1.68. The Kier molecular flexibility index (Phi) is 4.61. The number of carbonyl (C=O) groups is 2. The van der Waals surface area contributed by atoms with Crippen molar-refractivity contribution in [2.24, 2.45) is 0 Å². The van der Waals surface area contributed by atoms with Crippen LogP contribution in [0.25, 0.3) is 0 Å². The number of carbonyl (C=O) groups excluding carboxylic acids is 1. The fraction of sp³-hybridized carbons (Fsp3) is 0.353. The molecule has 1 unspecified atom stereocenters. The fourth-order valence-corrected chi connectivity index (χ4v) is 2.83. The highest BCUT2D eigenvalue weighted by atomic mass is 16.5. The lowest BCUT2D eigenvalue weighted by molar-refractivity contribution is -0.138. The molecule has 0 aliphatic carbocycles. The summed E-state index contributed by atoms with van der Waals surface area (Å²) < 4.78 is 6.96. The number of ether oxygens (including phenoxy) is 1. The highest BCUT2D eigenvalue weighted by Gasteiger charge is 2.39. The quantitative estimate of drug-likeness (QED) is 0.833. The number of benzene rings is 1. The Morgan fingerprint density at radius 2 is 2.12 bits per heavy atom. The van der Waals surface area contributed by atoms with Gasteiger partial charge in [0, 0.05) is 12.8 Å². The second kappa shape index (κ2) is 6.84. The van der Waals surface area contributed by atoms with Gasteiger partial charge in [0.25, 0.3) is 5.91 Å². The Morgan fingerprint density at radius 3 is 2.79 bits per heavy atom. The minimum atomic E-state index is -0.958. The molecule has 3 rings (SSSR count). The lowest BCUT2D eigenvalue weighted by Gasteiger charge is -2.26. The maximum Gasteiger partial charge on any atom is 0.305 e. The van der Waals surface area contributed by atoms with Crippen LogP contribution in [0.3, 0.4) is 0 Å². The fourth-order valence-electron chi connectivity index (χ4n) is 2.83. The van der Waals surface area contributed by atoms with Crippen molar-refractivity contribution in [3.63, 3.8) is 0 Å². The molecule has 1 fully saturated rings. The van der Waals surface area contributed by atoms with Gasteiger partial charge in [0.1, 0.15) is 0 Å². The number of carboxylic acid groups (broad SMARTS) is 1. The minimum absolute atomic E-state index is 0.156. The number of aliphatic carboxylic acids is 1. The Morgan fingerprint density at radius 1 is 1.33 bits per heavy atom. The summed E-state index contributed by atoms with van der Waals surface area (Å²) in [6.07, 6.45) is 3.48. The number of hydrogen-bond acceptors (Lipinski definition) is 4. The molecule has 1 amide bonds. The summed E-state index contributed by atoms with van der Waals surface area (Å²) in [7, 11) is 0. The molecule has 1 aromatic heterocycles. The van der Waals surface area contributed by atoms with Gasteiger partial charge in [-0.1, -0.05) is 30.3 Å². The lowest BCUT2D eigenvalue weighted by atomic mass is 9.94. The molecule has 2 N–H and O–H groups in total. The van der Waals surface area contributed by atoms with Gasteiger partial charge in [-0.2, -0.15) is 5.10 Å². The first-order chi connectivity index (χ1) is 11.6. The van der Waals surface area contributed by atoms with Crippen LogP contribution in [0, 0.1) is 0 Å². The van der Waals surface area contributed by atoms with Crippen molar-refractivity contribution < 1.29 is 19.4 Å².